The fraction of sp³-hybridized carbons (Fsp3) is 0.417. The molecule has 1 aromatic rings. The highest BCUT2D eigenvalue weighted by atomic mass is 16.5. The summed E-state index contributed by atoms with van der Waals surface area (Å²) in [5.41, 5.74) is 1.13. The maximum atomic E-state index is 10.7. The largest absolute Gasteiger partial charge is 0.508 e. The first-order chi connectivity index (χ1) is 7.08. The van der Waals surface area contributed by atoms with E-state index in [9.17, 15) is 4.79 Å². The second-order valence-electron chi connectivity index (χ2n) is 3.63. The molecule has 0 heterocycles. The number of phenols is 1. The molecular weight excluding hydrogens is 192 g/mol. The molecular formula is C12H16O3. The van der Waals surface area contributed by atoms with Gasteiger partial charge in [-0.3, -0.25) is 4.79 Å². The summed E-state index contributed by atoms with van der Waals surface area (Å²) in [6, 6.07) is 7.06. The Labute approximate surface area is 89.7 Å². The zero-order valence-electron chi connectivity index (χ0n) is 9.06. The van der Waals surface area contributed by atoms with Crippen LogP contribution < -0.4 is 0 Å². The summed E-state index contributed by atoms with van der Waals surface area (Å²) in [6.45, 7) is 3.29. The van der Waals surface area contributed by atoms with E-state index in [2.05, 4.69) is 0 Å². The average Bonchev–Trinajstić information content (AvgIpc) is 2.16. The molecule has 3 nitrogen and oxygen atoms in total. The summed E-state index contributed by atoms with van der Waals surface area (Å²) in [5.74, 6) is 0.0278. The molecule has 0 aromatic heterocycles. The van der Waals surface area contributed by atoms with Gasteiger partial charge in [0.15, 0.2) is 0 Å². The van der Waals surface area contributed by atoms with Gasteiger partial charge >= 0.3 is 5.97 Å². The van der Waals surface area contributed by atoms with Gasteiger partial charge < -0.3 is 9.84 Å². The lowest BCUT2D eigenvalue weighted by Crippen LogP contribution is -2.12. The SMILES string of the molecule is CC(=O)O[C@H](C)CCc1ccc(O)cc1. The fourth-order valence-corrected chi connectivity index (χ4v) is 1.37. The first-order valence-corrected chi connectivity index (χ1v) is 5.03. The van der Waals surface area contributed by atoms with Crippen LogP contribution in [0, 0.1) is 0 Å². The van der Waals surface area contributed by atoms with E-state index in [-0.39, 0.29) is 17.8 Å². The maximum Gasteiger partial charge on any atom is 0.302 e. The second kappa shape index (κ2) is 5.39. The minimum atomic E-state index is -0.242. The molecule has 1 N–H and O–H groups in total. The first kappa shape index (κ1) is 11.6. The third-order valence-electron chi connectivity index (χ3n) is 2.14. The summed E-state index contributed by atoms with van der Waals surface area (Å²) >= 11 is 0. The van der Waals surface area contributed by atoms with Gasteiger partial charge in [0.05, 0.1) is 6.10 Å². The minimum absolute atomic E-state index is 0.0590. The van der Waals surface area contributed by atoms with E-state index in [1.807, 2.05) is 19.1 Å². The monoisotopic (exact) mass is 208 g/mol. The number of hydrogen-bond acceptors (Lipinski definition) is 3. The molecule has 0 bridgehead atoms. The number of hydrogen-bond donors (Lipinski definition) is 1. The van der Waals surface area contributed by atoms with E-state index in [0.717, 1.165) is 18.4 Å². The summed E-state index contributed by atoms with van der Waals surface area (Å²) in [4.78, 5) is 10.7. The minimum Gasteiger partial charge on any atom is -0.508 e. The molecule has 82 valence electrons. The maximum absolute atomic E-state index is 10.7. The lowest BCUT2D eigenvalue weighted by Gasteiger charge is -2.11. The van der Waals surface area contributed by atoms with Gasteiger partial charge in [-0.05, 0) is 37.5 Å². The van der Waals surface area contributed by atoms with Gasteiger partial charge in [0.1, 0.15) is 5.75 Å². The number of carbonyl (C=O) groups excluding carboxylic acids is 1. The lowest BCUT2D eigenvalue weighted by atomic mass is 10.1. The molecule has 15 heavy (non-hydrogen) atoms. The molecule has 1 rings (SSSR count). The topological polar surface area (TPSA) is 46.5 Å². The summed E-state index contributed by atoms with van der Waals surface area (Å²) in [6.07, 6.45) is 1.58. The van der Waals surface area contributed by atoms with Crippen LogP contribution in [0.2, 0.25) is 0 Å². The number of aryl methyl sites for hydroxylation is 1. The molecule has 0 unspecified atom stereocenters. The van der Waals surface area contributed by atoms with Gasteiger partial charge in [-0.2, -0.15) is 0 Å². The standard InChI is InChI=1S/C12H16O3/c1-9(15-10(2)13)3-4-11-5-7-12(14)8-6-11/h5-9,14H,3-4H2,1-2H3/t9-/m1/s1. The molecule has 0 saturated carbocycles. The molecule has 0 fully saturated rings. The third-order valence-corrected chi connectivity index (χ3v) is 2.14. The molecule has 0 radical (unpaired) electrons. The quantitative estimate of drug-likeness (QED) is 0.772. The highest BCUT2D eigenvalue weighted by Crippen LogP contribution is 2.12. The van der Waals surface area contributed by atoms with Crippen LogP contribution in [-0.2, 0) is 16.0 Å². The first-order valence-electron chi connectivity index (χ1n) is 5.03. The molecule has 0 aliphatic rings. The predicted octanol–water partition coefficient (Wildman–Crippen LogP) is 2.28. The summed E-state index contributed by atoms with van der Waals surface area (Å²) in [5, 5.41) is 9.08. The Hall–Kier alpha value is -1.51. The number of aromatic hydroxyl groups is 1. The van der Waals surface area contributed by atoms with Crippen molar-refractivity contribution in [2.24, 2.45) is 0 Å². The Balaban J connectivity index is 2.36. The number of esters is 1. The van der Waals surface area contributed by atoms with Crippen molar-refractivity contribution in [3.63, 3.8) is 0 Å². The Morgan fingerprint density at radius 1 is 1.40 bits per heavy atom. The zero-order valence-corrected chi connectivity index (χ0v) is 9.06. The van der Waals surface area contributed by atoms with Crippen LogP contribution in [0.1, 0.15) is 25.8 Å². The number of benzene rings is 1. The van der Waals surface area contributed by atoms with E-state index >= 15 is 0 Å². The van der Waals surface area contributed by atoms with Crippen molar-refractivity contribution < 1.29 is 14.6 Å². The van der Waals surface area contributed by atoms with E-state index < -0.39 is 0 Å². The Kier molecular flexibility index (Phi) is 4.16. The molecule has 0 saturated heterocycles. The highest BCUT2D eigenvalue weighted by molar-refractivity contribution is 5.66. The van der Waals surface area contributed by atoms with E-state index in [1.54, 1.807) is 12.1 Å². The third kappa shape index (κ3) is 4.49. The van der Waals surface area contributed by atoms with Gasteiger partial charge in [-0.1, -0.05) is 12.1 Å². The Morgan fingerprint density at radius 2 is 2.00 bits per heavy atom. The molecule has 0 aliphatic carbocycles. The molecule has 1 atom stereocenters. The number of phenolic OH excluding ortho intramolecular Hbond substituents is 1. The average molecular weight is 208 g/mol. The van der Waals surface area contributed by atoms with Crippen molar-refractivity contribution in [3.8, 4) is 5.75 Å². The smallest absolute Gasteiger partial charge is 0.302 e. The van der Waals surface area contributed by atoms with Crippen molar-refractivity contribution >= 4 is 5.97 Å². The summed E-state index contributed by atoms with van der Waals surface area (Å²) in [7, 11) is 0. The van der Waals surface area contributed by atoms with Crippen molar-refractivity contribution in [2.45, 2.75) is 32.8 Å². The van der Waals surface area contributed by atoms with Crippen LogP contribution in [0.15, 0.2) is 24.3 Å². The molecule has 0 aliphatic heterocycles. The predicted molar refractivity (Wildman–Crippen MR) is 57.7 cm³/mol. The van der Waals surface area contributed by atoms with E-state index in [4.69, 9.17) is 9.84 Å². The van der Waals surface area contributed by atoms with Crippen LogP contribution >= 0.6 is 0 Å². The summed E-state index contributed by atoms with van der Waals surface area (Å²) < 4.78 is 5.01. The van der Waals surface area contributed by atoms with E-state index in [1.165, 1.54) is 6.92 Å². The van der Waals surface area contributed by atoms with Gasteiger partial charge in [0.2, 0.25) is 0 Å². The zero-order chi connectivity index (χ0) is 11.3. The van der Waals surface area contributed by atoms with Crippen LogP contribution in [0.25, 0.3) is 0 Å². The van der Waals surface area contributed by atoms with Gasteiger partial charge in [0.25, 0.3) is 0 Å². The van der Waals surface area contributed by atoms with Crippen LogP contribution in [0.3, 0.4) is 0 Å². The van der Waals surface area contributed by atoms with Crippen LogP contribution in [0.5, 0.6) is 5.75 Å². The van der Waals surface area contributed by atoms with E-state index in [0.29, 0.717) is 0 Å². The van der Waals surface area contributed by atoms with Crippen molar-refractivity contribution in [2.75, 3.05) is 0 Å². The van der Waals surface area contributed by atoms with Crippen molar-refractivity contribution in [1.82, 2.24) is 0 Å². The lowest BCUT2D eigenvalue weighted by molar-refractivity contribution is -0.145. The molecule has 0 spiro atoms. The Bertz CT molecular complexity index is 316. The normalized spacial score (nSPS) is 12.1. The number of rotatable bonds is 4. The number of ether oxygens (including phenoxy) is 1. The van der Waals surface area contributed by atoms with Gasteiger partial charge in [0, 0.05) is 6.92 Å². The Morgan fingerprint density at radius 3 is 2.53 bits per heavy atom. The van der Waals surface area contributed by atoms with Crippen LogP contribution in [-0.4, -0.2) is 17.2 Å². The molecule has 1 aromatic carbocycles. The highest BCUT2D eigenvalue weighted by Gasteiger charge is 2.05. The van der Waals surface area contributed by atoms with Crippen molar-refractivity contribution in [3.05, 3.63) is 29.8 Å². The fourth-order valence-electron chi connectivity index (χ4n) is 1.37. The van der Waals surface area contributed by atoms with Crippen molar-refractivity contribution in [1.29, 1.82) is 0 Å². The molecule has 3 heteroatoms. The van der Waals surface area contributed by atoms with Crippen LogP contribution in [0.4, 0.5) is 0 Å². The van der Waals surface area contributed by atoms with Gasteiger partial charge in [-0.15, -0.1) is 0 Å². The van der Waals surface area contributed by atoms with Gasteiger partial charge in [-0.25, -0.2) is 0 Å². The number of carbonyl (C=O) groups is 1. The second-order valence-corrected chi connectivity index (χ2v) is 3.63. The molecule has 0 amide bonds.